The fraction of sp³-hybridized carbons (Fsp3) is 0.632. The third kappa shape index (κ3) is 4.50. The maximum Gasteiger partial charge on any atom is 0.278 e. The van der Waals surface area contributed by atoms with E-state index in [1.807, 2.05) is 4.90 Å². The van der Waals surface area contributed by atoms with Crippen LogP contribution in [0.4, 0.5) is 4.39 Å². The Kier molecular flexibility index (Phi) is 6.18. The topological polar surface area (TPSA) is 62.1 Å². The van der Waals surface area contributed by atoms with Crippen LogP contribution in [0.1, 0.15) is 33.1 Å². The lowest BCUT2D eigenvalue weighted by molar-refractivity contribution is -0.896. The van der Waals surface area contributed by atoms with E-state index >= 15 is 0 Å². The number of sulfonamides is 1. The van der Waals surface area contributed by atoms with Crippen molar-refractivity contribution in [2.45, 2.75) is 50.1 Å². The SMILES string of the molecule is C[C@H]1CCC[C@H](C)N1C(=O)C[NH+]1CCN(S(=O)(=O)c2cccc(F)c2)CC1. The normalized spacial score (nSPS) is 25.5. The lowest BCUT2D eigenvalue weighted by Gasteiger charge is -2.40. The first-order valence-corrected chi connectivity index (χ1v) is 11.1. The molecule has 2 aliphatic rings. The molecule has 0 saturated carbocycles. The van der Waals surface area contributed by atoms with Crippen LogP contribution in [0.15, 0.2) is 29.2 Å². The molecule has 3 rings (SSSR count). The number of quaternary nitrogens is 1. The minimum absolute atomic E-state index is 0.0157. The van der Waals surface area contributed by atoms with Gasteiger partial charge in [-0.1, -0.05) is 6.07 Å². The van der Waals surface area contributed by atoms with Crippen molar-refractivity contribution in [3.63, 3.8) is 0 Å². The highest BCUT2D eigenvalue weighted by Crippen LogP contribution is 2.22. The van der Waals surface area contributed by atoms with E-state index in [1.54, 1.807) is 0 Å². The van der Waals surface area contributed by atoms with Crippen LogP contribution < -0.4 is 4.90 Å². The number of piperidine rings is 1. The molecule has 2 fully saturated rings. The van der Waals surface area contributed by atoms with Crippen LogP contribution in [-0.4, -0.2) is 68.3 Å². The van der Waals surface area contributed by atoms with Gasteiger partial charge in [-0.15, -0.1) is 0 Å². The second kappa shape index (κ2) is 8.24. The zero-order chi connectivity index (χ0) is 19.6. The average molecular weight is 399 g/mol. The highest BCUT2D eigenvalue weighted by molar-refractivity contribution is 7.89. The molecular formula is C19H29FN3O3S+. The summed E-state index contributed by atoms with van der Waals surface area (Å²) in [6.07, 6.45) is 3.26. The Morgan fingerprint density at radius 1 is 1.19 bits per heavy atom. The van der Waals surface area contributed by atoms with Crippen LogP contribution in [0.3, 0.4) is 0 Å². The number of nitrogens with one attached hydrogen (secondary N) is 1. The minimum atomic E-state index is -3.69. The van der Waals surface area contributed by atoms with Crippen LogP contribution in [0.5, 0.6) is 0 Å². The number of rotatable bonds is 4. The van der Waals surface area contributed by atoms with Gasteiger partial charge >= 0.3 is 0 Å². The summed E-state index contributed by atoms with van der Waals surface area (Å²) in [5, 5.41) is 0. The van der Waals surface area contributed by atoms with Crippen molar-refractivity contribution in [2.24, 2.45) is 0 Å². The molecule has 2 saturated heterocycles. The zero-order valence-corrected chi connectivity index (χ0v) is 16.8. The smallest absolute Gasteiger partial charge is 0.278 e. The number of hydrogen-bond donors (Lipinski definition) is 1. The van der Waals surface area contributed by atoms with E-state index < -0.39 is 15.8 Å². The number of piperazine rings is 1. The van der Waals surface area contributed by atoms with Crippen molar-refractivity contribution in [2.75, 3.05) is 32.7 Å². The number of benzene rings is 1. The second-order valence-electron chi connectivity index (χ2n) is 7.72. The summed E-state index contributed by atoms with van der Waals surface area (Å²) in [7, 11) is -3.69. The van der Waals surface area contributed by atoms with E-state index in [9.17, 15) is 17.6 Å². The molecule has 1 N–H and O–H groups in total. The third-order valence-electron chi connectivity index (χ3n) is 5.75. The number of nitrogens with zero attached hydrogens (tertiary/aromatic N) is 2. The predicted molar refractivity (Wildman–Crippen MR) is 100 cm³/mol. The van der Waals surface area contributed by atoms with Crippen molar-refractivity contribution in [3.8, 4) is 0 Å². The molecule has 0 spiro atoms. The molecule has 0 radical (unpaired) electrons. The Hall–Kier alpha value is -1.51. The highest BCUT2D eigenvalue weighted by Gasteiger charge is 2.34. The fourth-order valence-corrected chi connectivity index (χ4v) is 5.69. The summed E-state index contributed by atoms with van der Waals surface area (Å²) in [5.74, 6) is -0.401. The van der Waals surface area contributed by atoms with Crippen LogP contribution in [0.2, 0.25) is 0 Å². The van der Waals surface area contributed by atoms with Crippen LogP contribution in [-0.2, 0) is 14.8 Å². The summed E-state index contributed by atoms with van der Waals surface area (Å²) in [6, 6.07) is 5.65. The molecule has 1 amide bonds. The molecule has 1 aromatic rings. The van der Waals surface area contributed by atoms with Gasteiger partial charge in [0.1, 0.15) is 5.82 Å². The maximum absolute atomic E-state index is 13.4. The number of halogens is 1. The average Bonchev–Trinajstić information content (AvgIpc) is 2.62. The van der Waals surface area contributed by atoms with E-state index in [0.717, 1.165) is 30.2 Å². The number of amides is 1. The molecule has 0 bridgehead atoms. The van der Waals surface area contributed by atoms with Gasteiger partial charge in [0.15, 0.2) is 6.54 Å². The van der Waals surface area contributed by atoms with Gasteiger partial charge in [0, 0.05) is 12.1 Å². The largest absolute Gasteiger partial charge is 0.332 e. The van der Waals surface area contributed by atoms with Gasteiger partial charge in [0.05, 0.1) is 31.1 Å². The lowest BCUT2D eigenvalue weighted by Crippen LogP contribution is -3.15. The van der Waals surface area contributed by atoms with Crippen molar-refractivity contribution in [1.29, 1.82) is 0 Å². The van der Waals surface area contributed by atoms with Gasteiger partial charge in [-0.05, 0) is 51.3 Å². The number of hydrogen-bond acceptors (Lipinski definition) is 3. The summed E-state index contributed by atoms with van der Waals surface area (Å²) in [4.78, 5) is 15.9. The standard InChI is InChI=1S/C19H28FN3O3S/c1-15-5-3-6-16(2)23(15)19(24)14-21-9-11-22(12-10-21)27(25,26)18-8-4-7-17(20)13-18/h4,7-8,13,15-16H,3,5-6,9-12,14H2,1-2H3/p+1/t15-,16-/m0/s1. The number of likely N-dealkylation sites (tertiary alicyclic amines) is 1. The first-order valence-electron chi connectivity index (χ1n) is 9.69. The molecular weight excluding hydrogens is 369 g/mol. The first-order chi connectivity index (χ1) is 12.8. The molecule has 0 aliphatic carbocycles. The minimum Gasteiger partial charge on any atom is -0.332 e. The molecule has 2 aliphatic heterocycles. The van der Waals surface area contributed by atoms with E-state index in [1.165, 1.54) is 22.5 Å². The molecule has 0 unspecified atom stereocenters. The zero-order valence-electron chi connectivity index (χ0n) is 16.0. The Morgan fingerprint density at radius 2 is 1.81 bits per heavy atom. The van der Waals surface area contributed by atoms with E-state index in [4.69, 9.17) is 0 Å². The van der Waals surface area contributed by atoms with Crippen LogP contribution >= 0.6 is 0 Å². The summed E-state index contributed by atoms with van der Waals surface area (Å²) >= 11 is 0. The van der Waals surface area contributed by atoms with Gasteiger partial charge < -0.3 is 9.80 Å². The summed E-state index contributed by atoms with van der Waals surface area (Å²) in [6.45, 7) is 6.45. The van der Waals surface area contributed by atoms with Gasteiger partial charge in [-0.3, -0.25) is 4.79 Å². The molecule has 27 heavy (non-hydrogen) atoms. The van der Waals surface area contributed by atoms with Crippen LogP contribution in [0.25, 0.3) is 0 Å². The predicted octanol–water partition coefficient (Wildman–Crippen LogP) is 0.504. The molecule has 8 heteroatoms. The van der Waals surface area contributed by atoms with Gasteiger partial charge in [-0.2, -0.15) is 4.31 Å². The molecule has 6 nitrogen and oxygen atoms in total. The molecule has 0 aromatic heterocycles. The van der Waals surface area contributed by atoms with E-state index in [0.29, 0.717) is 32.7 Å². The molecule has 1 aromatic carbocycles. The number of carbonyl (C=O) groups excluding carboxylic acids is 1. The number of carbonyl (C=O) groups is 1. The van der Waals surface area contributed by atoms with Gasteiger partial charge in [0.2, 0.25) is 10.0 Å². The highest BCUT2D eigenvalue weighted by atomic mass is 32.2. The Balaban J connectivity index is 1.58. The Labute approximate surface area is 161 Å². The van der Waals surface area contributed by atoms with Crippen molar-refractivity contribution in [3.05, 3.63) is 30.1 Å². The second-order valence-corrected chi connectivity index (χ2v) is 9.66. The lowest BCUT2D eigenvalue weighted by atomic mass is 9.97. The molecule has 2 heterocycles. The molecule has 2 atom stereocenters. The maximum atomic E-state index is 13.4. The van der Waals surface area contributed by atoms with Crippen LogP contribution in [0, 0.1) is 5.82 Å². The summed E-state index contributed by atoms with van der Waals surface area (Å²) in [5.41, 5.74) is 0. The Morgan fingerprint density at radius 3 is 2.41 bits per heavy atom. The summed E-state index contributed by atoms with van der Waals surface area (Å²) < 4.78 is 40.1. The van der Waals surface area contributed by atoms with E-state index in [-0.39, 0.29) is 22.9 Å². The van der Waals surface area contributed by atoms with E-state index in [2.05, 4.69) is 13.8 Å². The molecule has 150 valence electrons. The quantitative estimate of drug-likeness (QED) is 0.804. The van der Waals surface area contributed by atoms with Crippen molar-refractivity contribution < 1.29 is 22.5 Å². The third-order valence-corrected chi connectivity index (χ3v) is 7.64. The first kappa shape index (κ1) is 20.2. The van der Waals surface area contributed by atoms with Gasteiger partial charge in [0.25, 0.3) is 5.91 Å². The monoisotopic (exact) mass is 398 g/mol. The Bertz CT molecular complexity index is 768. The fourth-order valence-electron chi connectivity index (χ4n) is 4.21. The van der Waals surface area contributed by atoms with Gasteiger partial charge in [-0.25, -0.2) is 12.8 Å². The van der Waals surface area contributed by atoms with Crippen molar-refractivity contribution >= 4 is 15.9 Å². The van der Waals surface area contributed by atoms with Crippen molar-refractivity contribution in [1.82, 2.24) is 9.21 Å².